The molecule has 4 nitrogen and oxygen atoms in total. The normalized spacial score (nSPS) is 15.2. The van der Waals surface area contributed by atoms with Crippen molar-refractivity contribution in [3.63, 3.8) is 0 Å². The molecular formula is C20H14N3O+. The monoisotopic (exact) mass is 312 g/mol. The number of aldehydes is 1. The van der Waals surface area contributed by atoms with Crippen LogP contribution in [0.15, 0.2) is 60.9 Å². The summed E-state index contributed by atoms with van der Waals surface area (Å²) in [7, 11) is 0. The largest absolute Gasteiger partial charge is 0.333 e. The lowest BCUT2D eigenvalue weighted by molar-refractivity contribution is -0.376. The van der Waals surface area contributed by atoms with E-state index in [0.29, 0.717) is 0 Å². The second-order valence-corrected chi connectivity index (χ2v) is 6.00. The summed E-state index contributed by atoms with van der Waals surface area (Å²) in [4.78, 5) is 22.9. The molecule has 0 spiro atoms. The topological polar surface area (TPSA) is 59.9 Å². The third-order valence-electron chi connectivity index (χ3n) is 4.71. The molecule has 1 aliphatic rings. The molecule has 1 atom stereocenters. The number of pyridine rings is 1. The van der Waals surface area contributed by atoms with E-state index in [9.17, 15) is 4.79 Å². The zero-order chi connectivity index (χ0) is 16.1. The maximum absolute atomic E-state index is 11.7. The van der Waals surface area contributed by atoms with Crippen LogP contribution in [0.4, 0.5) is 0 Å². The van der Waals surface area contributed by atoms with Gasteiger partial charge in [-0.1, -0.05) is 42.5 Å². The van der Waals surface area contributed by atoms with E-state index < -0.39 is 0 Å². The molecule has 0 aliphatic heterocycles. The first-order valence-corrected chi connectivity index (χ1v) is 7.90. The number of benzene rings is 2. The number of nitrogens with zero attached hydrogens (tertiary/aromatic N) is 1. The van der Waals surface area contributed by atoms with E-state index in [1.165, 1.54) is 0 Å². The van der Waals surface area contributed by atoms with E-state index in [-0.39, 0.29) is 5.92 Å². The van der Waals surface area contributed by atoms with Gasteiger partial charge in [-0.3, -0.25) is 0 Å². The molecule has 2 aromatic heterocycles. The van der Waals surface area contributed by atoms with Crippen LogP contribution in [0.5, 0.6) is 0 Å². The second kappa shape index (κ2) is 4.86. The summed E-state index contributed by atoms with van der Waals surface area (Å²) in [6.45, 7) is 0. The number of rotatable bonds is 2. The number of fused-ring (bicyclic) bond motifs is 4. The fourth-order valence-corrected chi connectivity index (χ4v) is 3.66. The van der Waals surface area contributed by atoms with Crippen LogP contribution in [0.1, 0.15) is 17.0 Å². The van der Waals surface area contributed by atoms with Crippen LogP contribution in [0.3, 0.4) is 0 Å². The summed E-state index contributed by atoms with van der Waals surface area (Å²) in [6, 6.07) is 16.1. The molecule has 2 heterocycles. The molecule has 0 bridgehead atoms. The number of hydrogen-bond donors (Lipinski definition) is 1. The maximum atomic E-state index is 11.7. The van der Waals surface area contributed by atoms with Gasteiger partial charge in [0.1, 0.15) is 23.1 Å². The summed E-state index contributed by atoms with van der Waals surface area (Å²) in [6.07, 6.45) is 4.79. The average molecular weight is 312 g/mol. The highest BCUT2D eigenvalue weighted by molar-refractivity contribution is 5.95. The van der Waals surface area contributed by atoms with Gasteiger partial charge in [-0.25, -0.2) is 9.97 Å². The smallest absolute Gasteiger partial charge is 0.193 e. The molecule has 0 saturated heterocycles. The van der Waals surface area contributed by atoms with E-state index in [0.717, 1.165) is 51.0 Å². The Labute approximate surface area is 138 Å². The van der Waals surface area contributed by atoms with E-state index >= 15 is 0 Å². The van der Waals surface area contributed by atoms with Crippen molar-refractivity contribution in [2.45, 2.75) is 5.92 Å². The van der Waals surface area contributed by atoms with Gasteiger partial charge >= 0.3 is 0 Å². The van der Waals surface area contributed by atoms with Crippen molar-refractivity contribution in [1.29, 1.82) is 0 Å². The first kappa shape index (κ1) is 13.2. The Balaban J connectivity index is 1.82. The van der Waals surface area contributed by atoms with Gasteiger partial charge in [0.15, 0.2) is 12.4 Å². The predicted octanol–water partition coefficient (Wildman–Crippen LogP) is 3.36. The van der Waals surface area contributed by atoms with Crippen molar-refractivity contribution in [3.05, 3.63) is 72.1 Å². The first-order valence-electron chi connectivity index (χ1n) is 7.90. The number of hydrogen-bond acceptors (Lipinski definition) is 2. The zero-order valence-electron chi connectivity index (χ0n) is 12.8. The highest BCUT2D eigenvalue weighted by atomic mass is 16.1. The van der Waals surface area contributed by atoms with Crippen LogP contribution in [0.2, 0.25) is 0 Å². The fourth-order valence-electron chi connectivity index (χ4n) is 3.66. The zero-order valence-corrected chi connectivity index (χ0v) is 12.8. The molecule has 0 fully saturated rings. The quantitative estimate of drug-likeness (QED) is 0.577. The van der Waals surface area contributed by atoms with E-state index in [1.807, 2.05) is 48.8 Å². The molecule has 4 aromatic rings. The Kier molecular flexibility index (Phi) is 2.67. The van der Waals surface area contributed by atoms with E-state index in [1.54, 1.807) is 0 Å². The molecular weight excluding hydrogens is 298 g/mol. The van der Waals surface area contributed by atoms with Gasteiger partial charge in [0.25, 0.3) is 0 Å². The van der Waals surface area contributed by atoms with Gasteiger partial charge in [-0.05, 0) is 22.3 Å². The van der Waals surface area contributed by atoms with Gasteiger partial charge in [0.2, 0.25) is 0 Å². The third kappa shape index (κ3) is 1.71. The summed E-state index contributed by atoms with van der Waals surface area (Å²) in [5, 5.41) is 0. The van der Waals surface area contributed by atoms with E-state index in [4.69, 9.17) is 4.98 Å². The maximum Gasteiger partial charge on any atom is 0.193 e. The van der Waals surface area contributed by atoms with Crippen LogP contribution >= 0.6 is 0 Å². The fraction of sp³-hybridized carbons (Fsp3) is 0.0500. The van der Waals surface area contributed by atoms with Gasteiger partial charge in [0.05, 0.1) is 5.92 Å². The minimum atomic E-state index is -0.200. The first-order chi connectivity index (χ1) is 11.9. The summed E-state index contributed by atoms with van der Waals surface area (Å²) in [5.74, 6) is 0.622. The Bertz CT molecular complexity index is 1060. The predicted molar refractivity (Wildman–Crippen MR) is 91.4 cm³/mol. The van der Waals surface area contributed by atoms with Crippen LogP contribution in [0, 0.1) is 0 Å². The van der Waals surface area contributed by atoms with Crippen molar-refractivity contribution in [1.82, 2.24) is 9.97 Å². The molecule has 2 N–H and O–H groups in total. The van der Waals surface area contributed by atoms with Crippen molar-refractivity contribution in [3.8, 4) is 22.5 Å². The number of aromatic nitrogens is 3. The van der Waals surface area contributed by atoms with Gasteiger partial charge < -0.3 is 9.78 Å². The molecule has 114 valence electrons. The van der Waals surface area contributed by atoms with Gasteiger partial charge in [-0.2, -0.15) is 0 Å². The minimum absolute atomic E-state index is 0.200. The summed E-state index contributed by atoms with van der Waals surface area (Å²) in [5.41, 5.74) is 7.25. The van der Waals surface area contributed by atoms with E-state index in [2.05, 4.69) is 22.1 Å². The Morgan fingerprint density at radius 1 is 1.00 bits per heavy atom. The van der Waals surface area contributed by atoms with Crippen LogP contribution in [-0.4, -0.2) is 16.3 Å². The molecule has 24 heavy (non-hydrogen) atoms. The lowest BCUT2D eigenvalue weighted by atomic mass is 9.97. The van der Waals surface area contributed by atoms with Gasteiger partial charge in [0, 0.05) is 11.6 Å². The molecule has 1 aliphatic carbocycles. The molecule has 2 aromatic carbocycles. The number of nitrogens with one attached hydrogen (secondary N) is 2. The molecule has 1 unspecified atom stereocenters. The standard InChI is InChI=1S/C20H13N3O/c24-11-16-12-4-1-2-5-13(12)19-14(16)6-3-7-15(19)20-22-17-8-9-21-10-18(17)23-20/h1-11,16H,(H,22,23)/p+1. The lowest BCUT2D eigenvalue weighted by Crippen LogP contribution is -1.97. The van der Waals surface area contributed by atoms with Gasteiger partial charge in [-0.15, -0.1) is 0 Å². The number of aromatic amines is 2. The summed E-state index contributed by atoms with van der Waals surface area (Å²) >= 11 is 0. The summed E-state index contributed by atoms with van der Waals surface area (Å²) < 4.78 is 0. The highest BCUT2D eigenvalue weighted by Gasteiger charge is 2.30. The Hall–Kier alpha value is -3.27. The van der Waals surface area contributed by atoms with Crippen LogP contribution in [-0.2, 0) is 4.79 Å². The molecule has 4 heteroatoms. The molecule has 0 amide bonds. The number of carbonyl (C=O) groups excluding carboxylic acids is 1. The number of carbonyl (C=O) groups is 1. The Morgan fingerprint density at radius 2 is 1.83 bits per heavy atom. The highest BCUT2D eigenvalue weighted by Crippen LogP contribution is 2.47. The number of imidazole rings is 1. The SMILES string of the molecule is O=CC1c2ccccc2-c2c(-c3nc4cc[nH+]cc4[nH]3)cccc21. The number of H-pyrrole nitrogens is 2. The molecule has 5 rings (SSSR count). The van der Waals surface area contributed by atoms with Crippen LogP contribution in [0.25, 0.3) is 33.5 Å². The van der Waals surface area contributed by atoms with Crippen molar-refractivity contribution < 1.29 is 9.78 Å². The third-order valence-corrected chi connectivity index (χ3v) is 4.71. The van der Waals surface area contributed by atoms with Crippen molar-refractivity contribution >= 4 is 17.3 Å². The van der Waals surface area contributed by atoms with Crippen molar-refractivity contribution in [2.24, 2.45) is 0 Å². The molecule has 0 saturated carbocycles. The van der Waals surface area contributed by atoms with Crippen molar-refractivity contribution in [2.75, 3.05) is 0 Å². The van der Waals surface area contributed by atoms with Crippen LogP contribution < -0.4 is 4.98 Å². The second-order valence-electron chi connectivity index (χ2n) is 6.00. The molecule has 0 radical (unpaired) electrons. The average Bonchev–Trinajstić information content (AvgIpc) is 3.20. The Morgan fingerprint density at radius 3 is 2.71 bits per heavy atom. The lowest BCUT2D eigenvalue weighted by Gasteiger charge is -2.08. The minimum Gasteiger partial charge on any atom is -0.333 e.